The highest BCUT2D eigenvalue weighted by molar-refractivity contribution is 5.75. The van der Waals surface area contributed by atoms with E-state index in [1.807, 2.05) is 6.08 Å². The molecule has 3 nitrogen and oxygen atoms in total. The van der Waals surface area contributed by atoms with Crippen molar-refractivity contribution in [3.05, 3.63) is 19.6 Å². The van der Waals surface area contributed by atoms with Gasteiger partial charge in [0.2, 0.25) is 5.91 Å². The van der Waals surface area contributed by atoms with Gasteiger partial charge < -0.3 is 10.6 Å². The molecule has 0 fully saturated rings. The summed E-state index contributed by atoms with van der Waals surface area (Å²) >= 11 is 0. The average Bonchev–Trinajstić information content (AvgIpc) is 2.33. The van der Waals surface area contributed by atoms with E-state index in [4.69, 9.17) is 0 Å². The lowest BCUT2D eigenvalue weighted by Gasteiger charge is -2.05. The third-order valence-electron chi connectivity index (χ3n) is 2.55. The topological polar surface area (TPSA) is 41.1 Å². The third kappa shape index (κ3) is 13.1. The van der Waals surface area contributed by atoms with Gasteiger partial charge in [0.05, 0.1) is 0 Å². The lowest BCUT2D eigenvalue weighted by Crippen LogP contribution is -2.24. The van der Waals surface area contributed by atoms with Crippen LogP contribution in [0.25, 0.3) is 0 Å². The standard InChI is InChI=1S/C14H27N2O/c1-3-5-7-10-14(17)16-13-9-6-8-12-15-11-4-2/h4,15H,1-3,5-13H2,(H,16,17). The van der Waals surface area contributed by atoms with Gasteiger partial charge in [-0.15, -0.1) is 6.58 Å². The van der Waals surface area contributed by atoms with Gasteiger partial charge in [-0.25, -0.2) is 0 Å². The fraction of sp³-hybridized carbons (Fsp3) is 0.714. The highest BCUT2D eigenvalue weighted by atomic mass is 16.1. The molecular weight excluding hydrogens is 212 g/mol. The summed E-state index contributed by atoms with van der Waals surface area (Å²) < 4.78 is 0. The number of unbranched alkanes of at least 4 members (excludes halogenated alkanes) is 4. The van der Waals surface area contributed by atoms with E-state index >= 15 is 0 Å². The molecule has 0 rings (SSSR count). The summed E-state index contributed by atoms with van der Waals surface area (Å²) in [6, 6.07) is 0. The minimum atomic E-state index is 0.184. The summed E-state index contributed by atoms with van der Waals surface area (Å²) in [4.78, 5) is 11.3. The van der Waals surface area contributed by atoms with Crippen LogP contribution >= 0.6 is 0 Å². The molecule has 17 heavy (non-hydrogen) atoms. The second kappa shape index (κ2) is 13.2. The van der Waals surface area contributed by atoms with Gasteiger partial charge >= 0.3 is 0 Å². The van der Waals surface area contributed by atoms with Crippen LogP contribution in [0.4, 0.5) is 0 Å². The van der Waals surface area contributed by atoms with Gasteiger partial charge in [0, 0.05) is 19.5 Å². The van der Waals surface area contributed by atoms with Crippen molar-refractivity contribution >= 4 is 5.91 Å². The third-order valence-corrected chi connectivity index (χ3v) is 2.55. The Hall–Kier alpha value is -0.830. The molecule has 99 valence electrons. The molecule has 1 radical (unpaired) electrons. The summed E-state index contributed by atoms with van der Waals surface area (Å²) in [6.45, 7) is 10.1. The Balaban J connectivity index is 3.11. The Morgan fingerprint density at radius 1 is 1.06 bits per heavy atom. The Kier molecular flexibility index (Phi) is 12.6. The van der Waals surface area contributed by atoms with E-state index in [1.54, 1.807) is 0 Å². The molecule has 0 aromatic carbocycles. The van der Waals surface area contributed by atoms with Crippen LogP contribution in [0.15, 0.2) is 12.7 Å². The molecule has 0 spiro atoms. The molecule has 0 bridgehead atoms. The van der Waals surface area contributed by atoms with Gasteiger partial charge in [-0.05, 0) is 25.8 Å². The Bertz CT molecular complexity index is 193. The molecule has 0 saturated heterocycles. The number of hydrogen-bond acceptors (Lipinski definition) is 2. The first-order valence-corrected chi connectivity index (χ1v) is 6.68. The van der Waals surface area contributed by atoms with Gasteiger partial charge in [-0.1, -0.05) is 32.3 Å². The maximum Gasteiger partial charge on any atom is 0.219 e. The Morgan fingerprint density at radius 3 is 2.53 bits per heavy atom. The quantitative estimate of drug-likeness (QED) is 0.406. The first kappa shape index (κ1) is 16.2. The lowest BCUT2D eigenvalue weighted by molar-refractivity contribution is -0.121. The van der Waals surface area contributed by atoms with Crippen molar-refractivity contribution in [3.63, 3.8) is 0 Å². The monoisotopic (exact) mass is 239 g/mol. The first-order valence-electron chi connectivity index (χ1n) is 6.68. The van der Waals surface area contributed by atoms with Crippen molar-refractivity contribution in [3.8, 4) is 0 Å². The maximum atomic E-state index is 11.3. The van der Waals surface area contributed by atoms with Crippen LogP contribution in [0.2, 0.25) is 0 Å². The van der Waals surface area contributed by atoms with Crippen LogP contribution in [-0.4, -0.2) is 25.5 Å². The van der Waals surface area contributed by atoms with Crippen LogP contribution in [0, 0.1) is 6.92 Å². The summed E-state index contributed by atoms with van der Waals surface area (Å²) in [5.74, 6) is 0.184. The molecule has 0 aliphatic heterocycles. The van der Waals surface area contributed by atoms with Crippen molar-refractivity contribution in [1.82, 2.24) is 10.6 Å². The Morgan fingerprint density at radius 2 is 1.82 bits per heavy atom. The second-order valence-electron chi connectivity index (χ2n) is 4.21. The van der Waals surface area contributed by atoms with E-state index in [1.165, 1.54) is 0 Å². The van der Waals surface area contributed by atoms with Gasteiger partial charge in [0.15, 0.2) is 0 Å². The zero-order valence-electron chi connectivity index (χ0n) is 11.0. The number of carbonyl (C=O) groups is 1. The second-order valence-corrected chi connectivity index (χ2v) is 4.21. The van der Waals surface area contributed by atoms with E-state index in [0.29, 0.717) is 6.42 Å². The molecular formula is C14H27N2O. The number of nitrogens with one attached hydrogen (secondary N) is 2. The Labute approximate surface area is 106 Å². The fourth-order valence-electron chi connectivity index (χ4n) is 1.53. The highest BCUT2D eigenvalue weighted by Gasteiger charge is 1.99. The molecule has 0 aromatic rings. The van der Waals surface area contributed by atoms with Crippen LogP contribution in [0.1, 0.15) is 44.9 Å². The lowest BCUT2D eigenvalue weighted by atomic mass is 10.2. The normalized spacial score (nSPS) is 10.2. The molecule has 0 heterocycles. The van der Waals surface area contributed by atoms with Crippen LogP contribution in [-0.2, 0) is 4.79 Å². The molecule has 0 saturated carbocycles. The molecule has 1 amide bonds. The van der Waals surface area contributed by atoms with Gasteiger partial charge in [0.1, 0.15) is 0 Å². The van der Waals surface area contributed by atoms with E-state index in [9.17, 15) is 4.79 Å². The summed E-state index contributed by atoms with van der Waals surface area (Å²) in [7, 11) is 0. The molecule has 0 aliphatic rings. The van der Waals surface area contributed by atoms with Crippen molar-refractivity contribution in [2.75, 3.05) is 19.6 Å². The minimum absolute atomic E-state index is 0.184. The van der Waals surface area contributed by atoms with E-state index < -0.39 is 0 Å². The highest BCUT2D eigenvalue weighted by Crippen LogP contribution is 1.98. The van der Waals surface area contributed by atoms with E-state index in [-0.39, 0.29) is 5.91 Å². The largest absolute Gasteiger partial charge is 0.356 e. The van der Waals surface area contributed by atoms with Gasteiger partial charge in [-0.2, -0.15) is 0 Å². The van der Waals surface area contributed by atoms with Gasteiger partial charge in [0.25, 0.3) is 0 Å². The number of hydrogen-bond donors (Lipinski definition) is 2. The van der Waals surface area contributed by atoms with Crippen molar-refractivity contribution in [1.29, 1.82) is 0 Å². The van der Waals surface area contributed by atoms with Crippen molar-refractivity contribution in [2.24, 2.45) is 0 Å². The first-order chi connectivity index (χ1) is 8.31. The molecule has 3 heteroatoms. The maximum absolute atomic E-state index is 11.3. The summed E-state index contributed by atoms with van der Waals surface area (Å²) in [6.07, 6.45) is 8.82. The van der Waals surface area contributed by atoms with Crippen molar-refractivity contribution < 1.29 is 4.79 Å². The van der Waals surface area contributed by atoms with E-state index in [2.05, 4.69) is 24.1 Å². The fourth-order valence-corrected chi connectivity index (χ4v) is 1.53. The predicted molar refractivity (Wildman–Crippen MR) is 73.8 cm³/mol. The van der Waals surface area contributed by atoms with Crippen LogP contribution in [0.3, 0.4) is 0 Å². The SMILES string of the molecule is [CH2]CCCCC(=O)NCCCCCNCC=C. The van der Waals surface area contributed by atoms with Crippen LogP contribution < -0.4 is 10.6 Å². The number of carbonyl (C=O) groups excluding carboxylic acids is 1. The molecule has 2 N–H and O–H groups in total. The summed E-state index contributed by atoms with van der Waals surface area (Å²) in [5.41, 5.74) is 0. The molecule has 0 unspecified atom stereocenters. The smallest absolute Gasteiger partial charge is 0.219 e. The predicted octanol–water partition coefficient (Wildman–Crippen LogP) is 2.44. The zero-order chi connectivity index (χ0) is 12.8. The minimum Gasteiger partial charge on any atom is -0.356 e. The average molecular weight is 239 g/mol. The molecule has 0 aliphatic carbocycles. The zero-order valence-corrected chi connectivity index (χ0v) is 11.0. The molecule has 0 atom stereocenters. The van der Waals surface area contributed by atoms with Crippen LogP contribution in [0.5, 0.6) is 0 Å². The number of rotatable bonds is 12. The van der Waals surface area contributed by atoms with Crippen molar-refractivity contribution in [2.45, 2.75) is 44.9 Å². The molecule has 0 aromatic heterocycles. The summed E-state index contributed by atoms with van der Waals surface area (Å²) in [5, 5.41) is 6.21. The van der Waals surface area contributed by atoms with E-state index in [0.717, 1.165) is 58.2 Å². The number of amides is 1. The van der Waals surface area contributed by atoms with Gasteiger partial charge in [-0.3, -0.25) is 4.79 Å².